The zero-order chi connectivity index (χ0) is 11.6. The Morgan fingerprint density at radius 2 is 1.93 bits per heavy atom. The van der Waals surface area contributed by atoms with Gasteiger partial charge < -0.3 is 10.0 Å². The van der Waals surface area contributed by atoms with Crippen LogP contribution in [0.4, 0.5) is 5.69 Å². The Morgan fingerprint density at radius 1 is 1.33 bits per heavy atom. The van der Waals surface area contributed by atoms with Crippen molar-refractivity contribution in [2.24, 2.45) is 0 Å². The monoisotopic (exact) mass is 228 g/mol. The van der Waals surface area contributed by atoms with Crippen molar-refractivity contribution in [3.63, 3.8) is 0 Å². The smallest absolute Gasteiger partial charge is 0.257 e. The first-order valence-electron chi connectivity index (χ1n) is 4.38. The normalized spacial score (nSPS) is 9.87. The quantitative estimate of drug-likeness (QED) is 0.784. The van der Waals surface area contributed by atoms with Crippen LogP contribution in [-0.2, 0) is 0 Å². The lowest BCUT2D eigenvalue weighted by Gasteiger charge is -2.16. The molecule has 0 unspecified atom stereocenters. The molecule has 0 aliphatic rings. The molecule has 1 aromatic rings. The number of amides is 1. The molecule has 1 rings (SSSR count). The molecule has 0 aliphatic carbocycles. The third-order valence-electron chi connectivity index (χ3n) is 1.98. The van der Waals surface area contributed by atoms with Crippen molar-refractivity contribution in [3.05, 3.63) is 23.8 Å². The molecular weight excluding hydrogens is 216 g/mol. The Morgan fingerprint density at radius 3 is 2.40 bits per heavy atom. The summed E-state index contributed by atoms with van der Waals surface area (Å²) in [6.45, 7) is 0. The van der Waals surface area contributed by atoms with Crippen LogP contribution in [-0.4, -0.2) is 37.1 Å². The summed E-state index contributed by atoms with van der Waals surface area (Å²) in [6.07, 6.45) is 0. The first kappa shape index (κ1) is 11.7. The van der Waals surface area contributed by atoms with E-state index in [4.69, 9.17) is 11.8 Å². The number of hydrogen-bond donors (Lipinski definition) is 1. The first-order valence-corrected chi connectivity index (χ1v) is 4.72. The van der Waals surface area contributed by atoms with Crippen molar-refractivity contribution in [1.82, 2.24) is 4.90 Å². The maximum atomic E-state index is 11.6. The predicted octanol–water partition coefficient (Wildman–Crippen LogP) is 1.68. The third-order valence-corrected chi connectivity index (χ3v) is 2.17. The summed E-state index contributed by atoms with van der Waals surface area (Å²) in [4.78, 5) is 13.0. The van der Waals surface area contributed by atoms with Gasteiger partial charge in [-0.05, 0) is 12.1 Å². The molecule has 1 aromatic carbocycles. The van der Waals surface area contributed by atoms with E-state index >= 15 is 0 Å². The average molecular weight is 229 g/mol. The molecule has 0 bridgehead atoms. The van der Waals surface area contributed by atoms with Gasteiger partial charge in [0.15, 0.2) is 5.75 Å². The fourth-order valence-corrected chi connectivity index (χ4v) is 1.33. The van der Waals surface area contributed by atoms with Crippen molar-refractivity contribution >= 4 is 23.4 Å². The number of hydrogen-bond acceptors (Lipinski definition) is 3. The number of phenols is 1. The number of halogens is 1. The minimum absolute atomic E-state index is 0.103. The highest BCUT2D eigenvalue weighted by molar-refractivity contribution is 6.26. The maximum Gasteiger partial charge on any atom is 0.257 e. The van der Waals surface area contributed by atoms with Crippen molar-refractivity contribution < 1.29 is 9.90 Å². The van der Waals surface area contributed by atoms with Gasteiger partial charge in [0.2, 0.25) is 0 Å². The number of carbonyl (C=O) groups is 1. The van der Waals surface area contributed by atoms with Gasteiger partial charge in [-0.3, -0.25) is 9.21 Å². The van der Waals surface area contributed by atoms with Gasteiger partial charge in [0.25, 0.3) is 5.91 Å². The molecule has 1 amide bonds. The molecule has 15 heavy (non-hydrogen) atoms. The van der Waals surface area contributed by atoms with Gasteiger partial charge in [-0.25, -0.2) is 0 Å². The fourth-order valence-electron chi connectivity index (χ4n) is 1.19. The van der Waals surface area contributed by atoms with Crippen LogP contribution in [0, 0.1) is 0 Å². The molecule has 0 aromatic heterocycles. The van der Waals surface area contributed by atoms with Gasteiger partial charge in [0.1, 0.15) is 0 Å². The van der Waals surface area contributed by atoms with E-state index in [1.807, 2.05) is 0 Å². The molecular formula is C10H13ClN2O2. The van der Waals surface area contributed by atoms with Crippen LogP contribution in [0.1, 0.15) is 10.4 Å². The zero-order valence-corrected chi connectivity index (χ0v) is 9.62. The van der Waals surface area contributed by atoms with Crippen LogP contribution in [0.25, 0.3) is 0 Å². The van der Waals surface area contributed by atoms with E-state index in [9.17, 15) is 9.90 Å². The lowest BCUT2D eigenvalue weighted by atomic mass is 10.1. The highest BCUT2D eigenvalue weighted by atomic mass is 35.5. The van der Waals surface area contributed by atoms with Crippen LogP contribution < -0.4 is 4.42 Å². The summed E-state index contributed by atoms with van der Waals surface area (Å²) in [7, 11) is 4.83. The Hall–Kier alpha value is -1.42. The summed E-state index contributed by atoms with van der Waals surface area (Å²) in [5.74, 6) is -0.360. The maximum absolute atomic E-state index is 11.6. The fraction of sp³-hybridized carbons (Fsp3) is 0.300. The Balaban J connectivity index is 3.21. The van der Waals surface area contributed by atoms with Gasteiger partial charge in [-0.1, -0.05) is 6.07 Å². The summed E-state index contributed by atoms with van der Waals surface area (Å²) in [5, 5.41) is 9.80. The zero-order valence-electron chi connectivity index (χ0n) is 8.86. The molecule has 5 heteroatoms. The van der Waals surface area contributed by atoms with E-state index in [1.165, 1.54) is 9.32 Å². The molecule has 0 fully saturated rings. The van der Waals surface area contributed by atoms with E-state index in [0.717, 1.165) is 0 Å². The van der Waals surface area contributed by atoms with Crippen LogP contribution >= 0.6 is 11.8 Å². The van der Waals surface area contributed by atoms with Gasteiger partial charge in [0.05, 0.1) is 11.3 Å². The van der Waals surface area contributed by atoms with Crippen molar-refractivity contribution in [2.45, 2.75) is 0 Å². The van der Waals surface area contributed by atoms with E-state index in [1.54, 1.807) is 39.3 Å². The van der Waals surface area contributed by atoms with Crippen molar-refractivity contribution in [1.29, 1.82) is 0 Å². The Bertz CT molecular complexity index is 378. The molecule has 0 heterocycles. The van der Waals surface area contributed by atoms with Gasteiger partial charge >= 0.3 is 0 Å². The largest absolute Gasteiger partial charge is 0.505 e. The van der Waals surface area contributed by atoms with Crippen LogP contribution in [0.5, 0.6) is 5.75 Å². The summed E-state index contributed by atoms with van der Waals surface area (Å²) in [6, 6.07) is 4.86. The number of benzene rings is 1. The predicted molar refractivity (Wildman–Crippen MR) is 60.4 cm³/mol. The van der Waals surface area contributed by atoms with E-state index < -0.39 is 0 Å². The number of carbonyl (C=O) groups excluding carboxylic acids is 1. The standard InChI is InChI=1S/C10H13ClN2O2/c1-12(2)10(15)7-5-4-6-8(9(7)14)13(3)11/h4-6,14H,1-3H3. The number of nitrogens with zero attached hydrogens (tertiary/aromatic N) is 2. The highest BCUT2D eigenvalue weighted by Gasteiger charge is 2.16. The lowest BCUT2D eigenvalue weighted by molar-refractivity contribution is 0.0825. The molecule has 0 atom stereocenters. The molecule has 0 saturated heterocycles. The van der Waals surface area contributed by atoms with Gasteiger partial charge in [-0.15, -0.1) is 0 Å². The molecule has 1 N–H and O–H groups in total. The molecule has 0 saturated carbocycles. The van der Waals surface area contributed by atoms with Crippen molar-refractivity contribution in [2.75, 3.05) is 25.6 Å². The highest BCUT2D eigenvalue weighted by Crippen LogP contribution is 2.31. The Labute approximate surface area is 93.8 Å². The minimum Gasteiger partial charge on any atom is -0.505 e. The van der Waals surface area contributed by atoms with Crippen molar-refractivity contribution in [3.8, 4) is 5.75 Å². The van der Waals surface area contributed by atoms with Gasteiger partial charge in [-0.2, -0.15) is 0 Å². The van der Waals surface area contributed by atoms with E-state index in [2.05, 4.69) is 0 Å². The second kappa shape index (κ2) is 4.40. The summed E-state index contributed by atoms with van der Waals surface area (Å²) < 4.78 is 1.24. The first-order chi connectivity index (χ1) is 6.95. The summed E-state index contributed by atoms with van der Waals surface area (Å²) in [5.41, 5.74) is 0.648. The molecule has 0 aliphatic heterocycles. The Kier molecular flexibility index (Phi) is 3.42. The minimum atomic E-state index is -0.257. The molecule has 4 nitrogen and oxygen atoms in total. The van der Waals surface area contributed by atoms with Crippen LogP contribution in [0.2, 0.25) is 0 Å². The number of aromatic hydroxyl groups is 1. The second-order valence-electron chi connectivity index (χ2n) is 3.35. The molecule has 82 valence electrons. The number of rotatable bonds is 2. The molecule has 0 radical (unpaired) electrons. The second-order valence-corrected chi connectivity index (χ2v) is 3.86. The van der Waals surface area contributed by atoms with Crippen LogP contribution in [0.3, 0.4) is 0 Å². The average Bonchev–Trinajstić information content (AvgIpc) is 2.16. The van der Waals surface area contributed by atoms with E-state index in [0.29, 0.717) is 5.69 Å². The SMILES string of the molecule is CN(C)C(=O)c1cccc(N(C)Cl)c1O. The van der Waals surface area contributed by atoms with Crippen LogP contribution in [0.15, 0.2) is 18.2 Å². The summed E-state index contributed by atoms with van der Waals surface area (Å²) >= 11 is 5.71. The number of phenolic OH excluding ortho intramolecular Hbond substituents is 1. The molecule has 0 spiro atoms. The van der Waals surface area contributed by atoms with Gasteiger partial charge in [0, 0.05) is 32.9 Å². The number of anilines is 1. The topological polar surface area (TPSA) is 43.8 Å². The number of para-hydroxylation sites is 1. The lowest BCUT2D eigenvalue weighted by Crippen LogP contribution is -2.22. The van der Waals surface area contributed by atoms with E-state index in [-0.39, 0.29) is 17.2 Å². The third kappa shape index (κ3) is 2.33.